The third-order valence-electron chi connectivity index (χ3n) is 5.19. The van der Waals surface area contributed by atoms with Crippen LogP contribution in [0.4, 0.5) is 0 Å². The number of hydrogen-bond acceptors (Lipinski definition) is 5. The average molecular weight is 473 g/mol. The number of aliphatic imine (C=N–C) groups is 1. The van der Waals surface area contributed by atoms with Crippen molar-refractivity contribution in [3.05, 3.63) is 100 Å². The van der Waals surface area contributed by atoms with Gasteiger partial charge in [-0.1, -0.05) is 60.7 Å². The van der Waals surface area contributed by atoms with Crippen LogP contribution >= 0.6 is 11.8 Å². The fourth-order valence-corrected chi connectivity index (χ4v) is 4.55. The van der Waals surface area contributed by atoms with E-state index < -0.39 is 0 Å². The molecule has 0 aliphatic carbocycles. The molecule has 4 rings (SSSR count). The van der Waals surface area contributed by atoms with Crippen LogP contribution in [-0.4, -0.2) is 29.2 Å². The van der Waals surface area contributed by atoms with Gasteiger partial charge in [-0.15, -0.1) is 0 Å². The van der Waals surface area contributed by atoms with Gasteiger partial charge in [0.1, 0.15) is 11.5 Å². The summed E-state index contributed by atoms with van der Waals surface area (Å²) in [6.45, 7) is 5.98. The highest BCUT2D eigenvalue weighted by Gasteiger charge is 2.33. The number of benzene rings is 3. The molecule has 0 saturated carbocycles. The van der Waals surface area contributed by atoms with Crippen molar-refractivity contribution in [1.82, 2.24) is 4.90 Å². The molecule has 0 N–H and O–H groups in total. The van der Waals surface area contributed by atoms with Crippen molar-refractivity contribution in [3.63, 3.8) is 0 Å². The summed E-state index contributed by atoms with van der Waals surface area (Å²) in [5.41, 5.74) is 3.00. The second kappa shape index (κ2) is 11.6. The Bertz CT molecular complexity index is 1180. The second-order valence-electron chi connectivity index (χ2n) is 7.64. The highest BCUT2D eigenvalue weighted by molar-refractivity contribution is 8.18. The molecule has 1 saturated heterocycles. The Balaban J connectivity index is 1.65. The van der Waals surface area contributed by atoms with Gasteiger partial charge >= 0.3 is 0 Å². The molecule has 0 atom stereocenters. The van der Waals surface area contributed by atoms with Crippen LogP contribution in [0.1, 0.15) is 30.5 Å². The van der Waals surface area contributed by atoms with Gasteiger partial charge in [0.2, 0.25) is 0 Å². The SMILES string of the molecule is CCOc1ccc(C=C2SC(=NCc3ccccc3)N(Cc3ccccc3)C2=O)c(OCC)c1. The maximum Gasteiger partial charge on any atom is 0.267 e. The van der Waals surface area contributed by atoms with Gasteiger partial charge in [0, 0.05) is 11.6 Å². The van der Waals surface area contributed by atoms with Gasteiger partial charge < -0.3 is 9.47 Å². The molecule has 1 aliphatic heterocycles. The Labute approximate surface area is 205 Å². The van der Waals surface area contributed by atoms with Crippen molar-refractivity contribution < 1.29 is 14.3 Å². The van der Waals surface area contributed by atoms with Gasteiger partial charge in [-0.25, -0.2) is 0 Å². The van der Waals surface area contributed by atoms with E-state index in [4.69, 9.17) is 14.5 Å². The smallest absolute Gasteiger partial charge is 0.267 e. The predicted molar refractivity (Wildman–Crippen MR) is 139 cm³/mol. The number of amides is 1. The van der Waals surface area contributed by atoms with Crippen LogP contribution in [0.15, 0.2) is 88.8 Å². The Hall–Kier alpha value is -3.51. The van der Waals surface area contributed by atoms with Crippen LogP contribution in [0.25, 0.3) is 6.08 Å². The molecule has 1 amide bonds. The van der Waals surface area contributed by atoms with E-state index in [1.807, 2.05) is 98.8 Å². The average Bonchev–Trinajstić information content (AvgIpc) is 3.15. The van der Waals surface area contributed by atoms with E-state index in [1.54, 1.807) is 4.90 Å². The number of nitrogens with zero attached hydrogens (tertiary/aromatic N) is 2. The van der Waals surface area contributed by atoms with E-state index in [-0.39, 0.29) is 5.91 Å². The number of carbonyl (C=O) groups excluding carboxylic acids is 1. The molecule has 0 spiro atoms. The minimum absolute atomic E-state index is 0.0583. The summed E-state index contributed by atoms with van der Waals surface area (Å²) in [6, 6.07) is 25.7. The van der Waals surface area contributed by atoms with Gasteiger partial charge in [-0.3, -0.25) is 14.7 Å². The molecule has 34 heavy (non-hydrogen) atoms. The topological polar surface area (TPSA) is 51.1 Å². The normalized spacial score (nSPS) is 15.8. The van der Waals surface area contributed by atoms with E-state index in [0.717, 1.165) is 22.4 Å². The summed E-state index contributed by atoms with van der Waals surface area (Å²) in [6.07, 6.45) is 1.89. The van der Waals surface area contributed by atoms with Gasteiger partial charge in [-0.05, 0) is 54.9 Å². The number of carbonyl (C=O) groups is 1. The predicted octanol–water partition coefficient (Wildman–Crippen LogP) is 6.16. The third kappa shape index (κ3) is 5.88. The molecule has 3 aromatic carbocycles. The molecule has 1 heterocycles. The minimum Gasteiger partial charge on any atom is -0.494 e. The summed E-state index contributed by atoms with van der Waals surface area (Å²) in [5, 5.41) is 0.702. The molecule has 6 heteroatoms. The van der Waals surface area contributed by atoms with Crippen molar-refractivity contribution in [2.24, 2.45) is 4.99 Å². The van der Waals surface area contributed by atoms with Crippen LogP contribution in [0.5, 0.6) is 11.5 Å². The largest absolute Gasteiger partial charge is 0.494 e. The first-order valence-corrected chi connectivity index (χ1v) is 12.2. The summed E-state index contributed by atoms with van der Waals surface area (Å²) >= 11 is 1.40. The quantitative estimate of drug-likeness (QED) is 0.350. The number of rotatable bonds is 9. The van der Waals surface area contributed by atoms with Crippen molar-refractivity contribution >= 4 is 28.9 Å². The third-order valence-corrected chi connectivity index (χ3v) is 6.24. The zero-order chi connectivity index (χ0) is 23.8. The Kier molecular flexibility index (Phi) is 8.04. The number of thioether (sulfide) groups is 1. The highest BCUT2D eigenvalue weighted by atomic mass is 32.2. The summed E-state index contributed by atoms with van der Waals surface area (Å²) in [4.78, 5) is 20.6. The van der Waals surface area contributed by atoms with E-state index in [2.05, 4.69) is 0 Å². The van der Waals surface area contributed by atoms with E-state index in [9.17, 15) is 4.79 Å². The van der Waals surface area contributed by atoms with Crippen molar-refractivity contribution in [3.8, 4) is 11.5 Å². The van der Waals surface area contributed by atoms with Crippen LogP contribution in [0, 0.1) is 0 Å². The fourth-order valence-electron chi connectivity index (χ4n) is 3.59. The van der Waals surface area contributed by atoms with Gasteiger partial charge in [-0.2, -0.15) is 0 Å². The van der Waals surface area contributed by atoms with E-state index in [0.29, 0.717) is 42.1 Å². The first kappa shape index (κ1) is 23.6. The highest BCUT2D eigenvalue weighted by Crippen LogP contribution is 2.36. The fraction of sp³-hybridized carbons (Fsp3) is 0.214. The summed E-state index contributed by atoms with van der Waals surface area (Å²) < 4.78 is 11.4. The van der Waals surface area contributed by atoms with Gasteiger partial charge in [0.05, 0.1) is 31.2 Å². The summed E-state index contributed by atoms with van der Waals surface area (Å²) in [5.74, 6) is 1.38. The van der Waals surface area contributed by atoms with Gasteiger partial charge in [0.15, 0.2) is 5.17 Å². The Morgan fingerprint density at radius 3 is 2.24 bits per heavy atom. The number of amidine groups is 1. The van der Waals surface area contributed by atoms with Crippen LogP contribution in [-0.2, 0) is 17.9 Å². The zero-order valence-electron chi connectivity index (χ0n) is 19.4. The van der Waals surface area contributed by atoms with Crippen LogP contribution in [0.2, 0.25) is 0 Å². The lowest BCUT2D eigenvalue weighted by Gasteiger charge is -2.15. The molecular weight excluding hydrogens is 444 g/mol. The number of ether oxygens (including phenoxy) is 2. The molecule has 5 nitrogen and oxygen atoms in total. The zero-order valence-corrected chi connectivity index (χ0v) is 20.3. The van der Waals surface area contributed by atoms with E-state index >= 15 is 0 Å². The molecule has 0 radical (unpaired) electrons. The molecule has 0 unspecified atom stereocenters. The molecular formula is C28H28N2O3S. The first-order valence-electron chi connectivity index (χ1n) is 11.4. The first-order chi connectivity index (χ1) is 16.7. The van der Waals surface area contributed by atoms with Crippen LogP contribution < -0.4 is 9.47 Å². The standard InChI is InChI=1S/C28H28N2O3S/c1-3-32-24-16-15-23(25(18-24)33-4-2)17-26-27(31)30(20-22-13-9-6-10-14-22)28(34-26)29-19-21-11-7-5-8-12-21/h5-18H,3-4,19-20H2,1-2H3. The molecule has 3 aromatic rings. The lowest BCUT2D eigenvalue weighted by Crippen LogP contribution is -2.28. The van der Waals surface area contributed by atoms with Crippen molar-refractivity contribution in [2.75, 3.05) is 13.2 Å². The minimum atomic E-state index is -0.0583. The second-order valence-corrected chi connectivity index (χ2v) is 8.65. The van der Waals surface area contributed by atoms with Crippen molar-refractivity contribution in [1.29, 1.82) is 0 Å². The van der Waals surface area contributed by atoms with Gasteiger partial charge in [0.25, 0.3) is 5.91 Å². The molecule has 1 aliphatic rings. The summed E-state index contributed by atoms with van der Waals surface area (Å²) in [7, 11) is 0. The van der Waals surface area contributed by atoms with Crippen LogP contribution in [0.3, 0.4) is 0 Å². The Morgan fingerprint density at radius 1 is 0.882 bits per heavy atom. The lowest BCUT2D eigenvalue weighted by atomic mass is 10.1. The lowest BCUT2D eigenvalue weighted by molar-refractivity contribution is -0.122. The maximum atomic E-state index is 13.5. The monoisotopic (exact) mass is 472 g/mol. The maximum absolute atomic E-state index is 13.5. The molecule has 174 valence electrons. The molecule has 0 aromatic heterocycles. The molecule has 0 bridgehead atoms. The van der Waals surface area contributed by atoms with Crippen molar-refractivity contribution in [2.45, 2.75) is 26.9 Å². The number of hydrogen-bond donors (Lipinski definition) is 0. The molecule has 1 fully saturated rings. The Morgan fingerprint density at radius 2 is 1.56 bits per heavy atom. The van der Waals surface area contributed by atoms with E-state index in [1.165, 1.54) is 11.8 Å².